The molecule has 0 heterocycles. The highest BCUT2D eigenvalue weighted by molar-refractivity contribution is 5.78. The molecule has 1 saturated carbocycles. The number of hydrogen-bond acceptors (Lipinski definition) is 2. The average Bonchev–Trinajstić information content (AvgIpc) is 2.08. The minimum absolute atomic E-state index is 0.0765. The first kappa shape index (κ1) is 10.4. The van der Waals surface area contributed by atoms with Crippen LogP contribution >= 0.6 is 0 Å². The van der Waals surface area contributed by atoms with E-state index in [2.05, 4.69) is 5.32 Å². The molecule has 0 aliphatic heterocycles. The van der Waals surface area contributed by atoms with Gasteiger partial charge in [0.15, 0.2) is 0 Å². The Kier molecular flexibility index (Phi) is 3.19. The Morgan fingerprint density at radius 1 is 1.46 bits per heavy atom. The highest BCUT2D eigenvalue weighted by Gasteiger charge is 2.35. The molecule has 5 heteroatoms. The van der Waals surface area contributed by atoms with Gasteiger partial charge in [-0.05, 0) is 12.8 Å². The molecule has 0 aromatic heterocycles. The Labute approximate surface area is 75.7 Å². The fraction of sp³-hybridized carbons (Fsp3) is 0.875. The zero-order chi connectivity index (χ0) is 9.90. The minimum Gasteiger partial charge on any atom is -0.352 e. The Hall–Kier alpha value is -0.710. The zero-order valence-electron chi connectivity index (χ0n) is 7.35. The van der Waals surface area contributed by atoms with Gasteiger partial charge in [0.25, 0.3) is 0 Å². The molecule has 0 aromatic rings. The molecule has 76 valence electrons. The van der Waals surface area contributed by atoms with Crippen LogP contribution in [0.3, 0.4) is 0 Å². The van der Waals surface area contributed by atoms with E-state index in [-0.39, 0.29) is 31.3 Å². The van der Waals surface area contributed by atoms with E-state index in [1.165, 1.54) is 0 Å². The molecule has 1 aliphatic rings. The molecule has 0 aromatic carbocycles. The van der Waals surface area contributed by atoms with Crippen LogP contribution in [0.4, 0.5) is 8.78 Å². The fourth-order valence-corrected chi connectivity index (χ4v) is 1.47. The second kappa shape index (κ2) is 4.00. The topological polar surface area (TPSA) is 55.1 Å². The summed E-state index contributed by atoms with van der Waals surface area (Å²) >= 11 is 0. The lowest BCUT2D eigenvalue weighted by molar-refractivity contribution is -0.121. The van der Waals surface area contributed by atoms with E-state index in [0.717, 1.165) is 0 Å². The van der Waals surface area contributed by atoms with E-state index in [0.29, 0.717) is 12.8 Å². The normalized spacial score (nSPS) is 22.7. The summed E-state index contributed by atoms with van der Waals surface area (Å²) < 4.78 is 25.3. The summed E-state index contributed by atoms with van der Waals surface area (Å²) in [6.07, 6.45) is 0.419. The van der Waals surface area contributed by atoms with Crippen LogP contribution in [-0.4, -0.2) is 24.4 Å². The molecule has 0 unspecified atom stereocenters. The van der Waals surface area contributed by atoms with Crippen LogP contribution in [0.25, 0.3) is 0 Å². The summed E-state index contributed by atoms with van der Waals surface area (Å²) in [4.78, 5) is 10.8. The SMILES string of the molecule is NCC(=O)NC1CCC(F)(F)CC1. The summed E-state index contributed by atoms with van der Waals surface area (Å²) in [5.41, 5.74) is 5.08. The summed E-state index contributed by atoms with van der Waals surface area (Å²) in [6, 6.07) is -0.115. The maximum Gasteiger partial charge on any atom is 0.248 e. The van der Waals surface area contributed by atoms with Crippen molar-refractivity contribution >= 4 is 5.91 Å². The molecule has 0 radical (unpaired) electrons. The van der Waals surface area contributed by atoms with E-state index in [4.69, 9.17) is 5.73 Å². The zero-order valence-corrected chi connectivity index (χ0v) is 7.35. The van der Waals surface area contributed by atoms with Crippen LogP contribution in [0.2, 0.25) is 0 Å². The quantitative estimate of drug-likeness (QED) is 0.674. The first-order valence-electron chi connectivity index (χ1n) is 4.41. The van der Waals surface area contributed by atoms with Crippen LogP contribution in [0.15, 0.2) is 0 Å². The molecular formula is C8H14F2N2O. The van der Waals surface area contributed by atoms with Gasteiger partial charge >= 0.3 is 0 Å². The van der Waals surface area contributed by atoms with Crippen LogP contribution in [0.1, 0.15) is 25.7 Å². The number of halogens is 2. The monoisotopic (exact) mass is 192 g/mol. The number of alkyl halides is 2. The average molecular weight is 192 g/mol. The van der Waals surface area contributed by atoms with Gasteiger partial charge in [0.2, 0.25) is 11.8 Å². The van der Waals surface area contributed by atoms with Gasteiger partial charge in [-0.25, -0.2) is 8.78 Å². The van der Waals surface area contributed by atoms with Gasteiger partial charge < -0.3 is 11.1 Å². The smallest absolute Gasteiger partial charge is 0.248 e. The summed E-state index contributed by atoms with van der Waals surface area (Å²) in [5.74, 6) is -2.81. The van der Waals surface area contributed by atoms with Gasteiger partial charge in [0.05, 0.1) is 6.54 Å². The lowest BCUT2D eigenvalue weighted by Gasteiger charge is -2.28. The third-order valence-corrected chi connectivity index (χ3v) is 2.27. The van der Waals surface area contributed by atoms with Gasteiger partial charge in [-0.3, -0.25) is 4.79 Å². The van der Waals surface area contributed by atoms with Crippen molar-refractivity contribution < 1.29 is 13.6 Å². The second-order valence-electron chi connectivity index (χ2n) is 3.40. The van der Waals surface area contributed by atoms with Gasteiger partial charge in [0.1, 0.15) is 0 Å². The number of hydrogen-bond donors (Lipinski definition) is 2. The lowest BCUT2D eigenvalue weighted by Crippen LogP contribution is -2.42. The molecule has 13 heavy (non-hydrogen) atoms. The highest BCUT2D eigenvalue weighted by atomic mass is 19.3. The number of carbonyl (C=O) groups excluding carboxylic acids is 1. The van der Waals surface area contributed by atoms with Crippen molar-refractivity contribution in [1.29, 1.82) is 0 Å². The van der Waals surface area contributed by atoms with Crippen molar-refractivity contribution in [3.05, 3.63) is 0 Å². The Bertz CT molecular complexity index is 187. The predicted molar refractivity (Wildman–Crippen MR) is 44.4 cm³/mol. The standard InChI is InChI=1S/C8H14F2N2O/c9-8(10)3-1-6(2-4-8)12-7(13)5-11/h6H,1-5,11H2,(H,12,13). The van der Waals surface area contributed by atoms with Crippen molar-refractivity contribution in [2.75, 3.05) is 6.54 Å². The summed E-state index contributed by atoms with van der Waals surface area (Å²) in [6.45, 7) is -0.0765. The number of carbonyl (C=O) groups is 1. The van der Waals surface area contributed by atoms with E-state index < -0.39 is 5.92 Å². The Morgan fingerprint density at radius 3 is 2.46 bits per heavy atom. The molecule has 0 spiro atoms. The second-order valence-corrected chi connectivity index (χ2v) is 3.40. The molecule has 1 aliphatic carbocycles. The fourth-order valence-electron chi connectivity index (χ4n) is 1.47. The number of rotatable bonds is 2. The molecule has 0 atom stereocenters. The minimum atomic E-state index is -2.54. The van der Waals surface area contributed by atoms with Crippen molar-refractivity contribution in [3.8, 4) is 0 Å². The molecule has 1 rings (SSSR count). The number of amides is 1. The summed E-state index contributed by atoms with van der Waals surface area (Å²) in [5, 5.41) is 2.61. The Balaban J connectivity index is 2.29. The number of nitrogens with one attached hydrogen (secondary N) is 1. The molecule has 3 nitrogen and oxygen atoms in total. The maximum absolute atomic E-state index is 12.7. The molecular weight excluding hydrogens is 178 g/mol. The third-order valence-electron chi connectivity index (χ3n) is 2.27. The van der Waals surface area contributed by atoms with Crippen molar-refractivity contribution in [1.82, 2.24) is 5.32 Å². The first-order chi connectivity index (χ1) is 6.03. The molecule has 1 amide bonds. The van der Waals surface area contributed by atoms with E-state index in [1.54, 1.807) is 0 Å². The van der Waals surface area contributed by atoms with Crippen LogP contribution < -0.4 is 11.1 Å². The molecule has 1 fully saturated rings. The largest absolute Gasteiger partial charge is 0.352 e. The van der Waals surface area contributed by atoms with Gasteiger partial charge in [-0.15, -0.1) is 0 Å². The highest BCUT2D eigenvalue weighted by Crippen LogP contribution is 2.32. The van der Waals surface area contributed by atoms with E-state index >= 15 is 0 Å². The van der Waals surface area contributed by atoms with Crippen molar-refractivity contribution in [3.63, 3.8) is 0 Å². The molecule has 0 bridgehead atoms. The Morgan fingerprint density at radius 2 is 2.00 bits per heavy atom. The van der Waals surface area contributed by atoms with Gasteiger partial charge in [0, 0.05) is 18.9 Å². The first-order valence-corrected chi connectivity index (χ1v) is 4.41. The predicted octanol–water partition coefficient (Wildman–Crippen LogP) is 0.639. The summed E-state index contributed by atoms with van der Waals surface area (Å²) in [7, 11) is 0. The maximum atomic E-state index is 12.7. The van der Waals surface area contributed by atoms with Crippen LogP contribution in [0.5, 0.6) is 0 Å². The van der Waals surface area contributed by atoms with Gasteiger partial charge in [-0.1, -0.05) is 0 Å². The van der Waals surface area contributed by atoms with E-state index in [1.807, 2.05) is 0 Å². The van der Waals surface area contributed by atoms with Crippen molar-refractivity contribution in [2.45, 2.75) is 37.6 Å². The lowest BCUT2D eigenvalue weighted by atomic mass is 9.92. The van der Waals surface area contributed by atoms with Crippen LogP contribution in [-0.2, 0) is 4.79 Å². The van der Waals surface area contributed by atoms with Crippen LogP contribution in [0, 0.1) is 0 Å². The van der Waals surface area contributed by atoms with Gasteiger partial charge in [-0.2, -0.15) is 0 Å². The number of nitrogens with two attached hydrogens (primary N) is 1. The molecule has 3 N–H and O–H groups in total. The third kappa shape index (κ3) is 3.26. The van der Waals surface area contributed by atoms with Crippen molar-refractivity contribution in [2.24, 2.45) is 5.73 Å². The molecule has 0 saturated heterocycles. The van der Waals surface area contributed by atoms with E-state index in [9.17, 15) is 13.6 Å².